The van der Waals surface area contributed by atoms with E-state index in [9.17, 15) is 5.11 Å². The van der Waals surface area contributed by atoms with E-state index < -0.39 is 0 Å². The summed E-state index contributed by atoms with van der Waals surface area (Å²) < 4.78 is 0. The number of aliphatic hydroxyl groups excluding tert-OH is 1. The fourth-order valence-corrected chi connectivity index (χ4v) is 2.11. The van der Waals surface area contributed by atoms with Crippen molar-refractivity contribution < 1.29 is 5.11 Å². The molecule has 0 aliphatic heterocycles. The number of thioether (sulfide) groups is 1. The van der Waals surface area contributed by atoms with E-state index in [1.165, 1.54) is 18.6 Å². The predicted octanol–water partition coefficient (Wildman–Crippen LogP) is 2.45. The third kappa shape index (κ3) is 5.01. The zero-order chi connectivity index (χ0) is 11.6. The second kappa shape index (κ2) is 8.62. The SMILES string of the molecule is CSCCCCNC(CO)c1ccccc1. The Morgan fingerprint density at radius 2 is 2.00 bits per heavy atom. The molecule has 0 bridgehead atoms. The number of aliphatic hydroxyl groups is 1. The largest absolute Gasteiger partial charge is 0.394 e. The molecule has 3 heteroatoms. The molecule has 16 heavy (non-hydrogen) atoms. The molecule has 1 aromatic carbocycles. The first-order valence-corrected chi connectivity index (χ1v) is 7.16. The molecule has 0 aliphatic carbocycles. The summed E-state index contributed by atoms with van der Waals surface area (Å²) >= 11 is 1.89. The summed E-state index contributed by atoms with van der Waals surface area (Å²) in [6.45, 7) is 1.13. The van der Waals surface area contributed by atoms with E-state index in [4.69, 9.17) is 0 Å². The molecule has 2 N–H and O–H groups in total. The standard InChI is InChI=1S/C13H21NOS/c1-16-10-6-5-9-14-13(11-15)12-7-3-2-4-8-12/h2-4,7-8,13-15H,5-6,9-11H2,1H3. The summed E-state index contributed by atoms with van der Waals surface area (Å²) in [6.07, 6.45) is 4.54. The lowest BCUT2D eigenvalue weighted by atomic mass is 10.1. The van der Waals surface area contributed by atoms with Gasteiger partial charge in [0.25, 0.3) is 0 Å². The predicted molar refractivity (Wildman–Crippen MR) is 71.9 cm³/mol. The summed E-state index contributed by atoms with van der Waals surface area (Å²) in [5, 5.41) is 12.7. The summed E-state index contributed by atoms with van der Waals surface area (Å²) in [5.41, 5.74) is 1.16. The van der Waals surface area contributed by atoms with E-state index in [0.29, 0.717) is 0 Å². The lowest BCUT2D eigenvalue weighted by molar-refractivity contribution is 0.244. The third-order valence-corrected chi connectivity index (χ3v) is 3.25. The highest BCUT2D eigenvalue weighted by Crippen LogP contribution is 2.11. The molecule has 0 aromatic heterocycles. The minimum Gasteiger partial charge on any atom is -0.394 e. The van der Waals surface area contributed by atoms with Crippen molar-refractivity contribution in [1.82, 2.24) is 5.32 Å². The molecule has 0 aliphatic rings. The van der Waals surface area contributed by atoms with E-state index in [0.717, 1.165) is 12.1 Å². The normalized spacial score (nSPS) is 12.6. The minimum atomic E-state index is 0.0791. The van der Waals surface area contributed by atoms with Gasteiger partial charge in [0.05, 0.1) is 12.6 Å². The molecule has 1 atom stereocenters. The average molecular weight is 239 g/mol. The molecule has 2 nitrogen and oxygen atoms in total. The Kier molecular flexibility index (Phi) is 7.30. The van der Waals surface area contributed by atoms with Crippen LogP contribution < -0.4 is 5.32 Å². The highest BCUT2D eigenvalue weighted by Gasteiger charge is 2.07. The Hall–Kier alpha value is -0.510. The molecule has 0 fully saturated rings. The van der Waals surface area contributed by atoms with Crippen LogP contribution in [0.2, 0.25) is 0 Å². The maximum atomic E-state index is 9.32. The lowest BCUT2D eigenvalue weighted by Crippen LogP contribution is -2.25. The molecule has 1 aromatic rings. The van der Waals surface area contributed by atoms with Crippen molar-refractivity contribution in [2.75, 3.05) is 25.2 Å². The van der Waals surface area contributed by atoms with Crippen LogP contribution in [0.25, 0.3) is 0 Å². The fraction of sp³-hybridized carbons (Fsp3) is 0.538. The molecular formula is C13H21NOS. The van der Waals surface area contributed by atoms with Gasteiger partial charge in [-0.3, -0.25) is 0 Å². The first-order valence-electron chi connectivity index (χ1n) is 5.76. The minimum absolute atomic E-state index is 0.0791. The molecule has 0 saturated carbocycles. The molecule has 1 unspecified atom stereocenters. The van der Waals surface area contributed by atoms with Crippen LogP contribution in [0.15, 0.2) is 30.3 Å². The Balaban J connectivity index is 2.27. The average Bonchev–Trinajstić information content (AvgIpc) is 2.35. The van der Waals surface area contributed by atoms with Crippen molar-refractivity contribution in [3.8, 4) is 0 Å². The molecule has 0 radical (unpaired) electrons. The van der Waals surface area contributed by atoms with Gasteiger partial charge in [-0.05, 0) is 37.0 Å². The number of hydrogen-bond acceptors (Lipinski definition) is 3. The van der Waals surface area contributed by atoms with E-state index in [1.807, 2.05) is 30.0 Å². The van der Waals surface area contributed by atoms with Gasteiger partial charge >= 0.3 is 0 Å². The lowest BCUT2D eigenvalue weighted by Gasteiger charge is -2.16. The van der Waals surface area contributed by atoms with Gasteiger partial charge in [-0.1, -0.05) is 30.3 Å². The van der Waals surface area contributed by atoms with Gasteiger partial charge in [0.2, 0.25) is 0 Å². The van der Waals surface area contributed by atoms with Gasteiger partial charge in [-0.2, -0.15) is 11.8 Å². The van der Waals surface area contributed by atoms with Crippen LogP contribution in [-0.4, -0.2) is 30.3 Å². The maximum Gasteiger partial charge on any atom is 0.0626 e. The number of rotatable bonds is 8. The Bertz CT molecular complexity index is 266. The number of benzene rings is 1. The van der Waals surface area contributed by atoms with Gasteiger partial charge in [0.1, 0.15) is 0 Å². The smallest absolute Gasteiger partial charge is 0.0626 e. The van der Waals surface area contributed by atoms with Crippen molar-refractivity contribution >= 4 is 11.8 Å². The molecule has 90 valence electrons. The molecule has 0 saturated heterocycles. The first kappa shape index (κ1) is 13.6. The van der Waals surface area contributed by atoms with Crippen LogP contribution in [-0.2, 0) is 0 Å². The van der Waals surface area contributed by atoms with Gasteiger partial charge in [-0.25, -0.2) is 0 Å². The second-order valence-electron chi connectivity index (χ2n) is 3.80. The van der Waals surface area contributed by atoms with Crippen molar-refractivity contribution in [2.45, 2.75) is 18.9 Å². The third-order valence-electron chi connectivity index (χ3n) is 2.55. The van der Waals surface area contributed by atoms with Crippen molar-refractivity contribution in [3.05, 3.63) is 35.9 Å². The van der Waals surface area contributed by atoms with Crippen molar-refractivity contribution in [3.63, 3.8) is 0 Å². The Labute approximate surface area is 102 Å². The summed E-state index contributed by atoms with van der Waals surface area (Å²) in [6, 6.07) is 10.2. The highest BCUT2D eigenvalue weighted by molar-refractivity contribution is 7.98. The van der Waals surface area contributed by atoms with Crippen LogP contribution in [0.3, 0.4) is 0 Å². The molecule has 0 amide bonds. The Morgan fingerprint density at radius 3 is 2.62 bits per heavy atom. The van der Waals surface area contributed by atoms with Crippen LogP contribution >= 0.6 is 11.8 Å². The second-order valence-corrected chi connectivity index (χ2v) is 4.79. The maximum absolute atomic E-state index is 9.32. The van der Waals surface area contributed by atoms with Gasteiger partial charge in [0, 0.05) is 0 Å². The number of nitrogens with one attached hydrogen (secondary N) is 1. The van der Waals surface area contributed by atoms with E-state index in [1.54, 1.807) is 0 Å². The van der Waals surface area contributed by atoms with Crippen molar-refractivity contribution in [2.24, 2.45) is 0 Å². The summed E-state index contributed by atoms with van der Waals surface area (Å²) in [7, 11) is 0. The molecule has 0 spiro atoms. The molecule has 0 heterocycles. The highest BCUT2D eigenvalue weighted by atomic mass is 32.2. The zero-order valence-electron chi connectivity index (χ0n) is 9.86. The van der Waals surface area contributed by atoms with Gasteiger partial charge < -0.3 is 10.4 Å². The van der Waals surface area contributed by atoms with Gasteiger partial charge in [-0.15, -0.1) is 0 Å². The topological polar surface area (TPSA) is 32.3 Å². The van der Waals surface area contributed by atoms with Gasteiger partial charge in [0.15, 0.2) is 0 Å². The molecule has 1 rings (SSSR count). The van der Waals surface area contributed by atoms with Crippen molar-refractivity contribution in [1.29, 1.82) is 0 Å². The van der Waals surface area contributed by atoms with E-state index in [-0.39, 0.29) is 12.6 Å². The van der Waals surface area contributed by atoms with E-state index in [2.05, 4.69) is 23.7 Å². The zero-order valence-corrected chi connectivity index (χ0v) is 10.7. The fourth-order valence-electron chi connectivity index (χ4n) is 1.62. The summed E-state index contributed by atoms with van der Waals surface area (Å²) in [4.78, 5) is 0. The number of hydrogen-bond donors (Lipinski definition) is 2. The number of unbranched alkanes of at least 4 members (excludes halogenated alkanes) is 1. The molecular weight excluding hydrogens is 218 g/mol. The van der Waals surface area contributed by atoms with Crippen LogP contribution in [0.1, 0.15) is 24.4 Å². The summed E-state index contributed by atoms with van der Waals surface area (Å²) in [5.74, 6) is 1.22. The quantitative estimate of drug-likeness (QED) is 0.684. The monoisotopic (exact) mass is 239 g/mol. The Morgan fingerprint density at radius 1 is 1.25 bits per heavy atom. The van der Waals surface area contributed by atoms with Crippen LogP contribution in [0, 0.1) is 0 Å². The van der Waals surface area contributed by atoms with E-state index >= 15 is 0 Å². The van der Waals surface area contributed by atoms with Crippen LogP contribution in [0.4, 0.5) is 0 Å². The first-order chi connectivity index (χ1) is 7.88. The van der Waals surface area contributed by atoms with Crippen LogP contribution in [0.5, 0.6) is 0 Å².